The molecule has 1 atom stereocenters. The molecule has 1 heteroatoms. The summed E-state index contributed by atoms with van der Waals surface area (Å²) in [4.78, 5) is 0. The molecule has 0 aliphatic rings. The quantitative estimate of drug-likeness (QED) is 0.667. The average Bonchev–Trinajstić information content (AvgIpc) is 2.07. The fourth-order valence-electron chi connectivity index (χ4n) is 1.44. The lowest BCUT2D eigenvalue weighted by atomic mass is 9.99. The van der Waals surface area contributed by atoms with Crippen molar-refractivity contribution in [3.8, 4) is 0 Å². The first kappa shape index (κ1) is 9.27. The molecule has 0 bridgehead atoms. The van der Waals surface area contributed by atoms with Crippen LogP contribution in [-0.2, 0) is 4.74 Å². The van der Waals surface area contributed by atoms with Crippen molar-refractivity contribution >= 4 is 0 Å². The highest BCUT2D eigenvalue weighted by Crippen LogP contribution is 2.24. The maximum absolute atomic E-state index is 5.40. The van der Waals surface area contributed by atoms with Crippen LogP contribution < -0.4 is 0 Å². The van der Waals surface area contributed by atoms with Crippen LogP contribution in [0.2, 0.25) is 0 Å². The molecule has 0 fully saturated rings. The first-order valence-electron chi connectivity index (χ1n) is 4.33. The summed E-state index contributed by atoms with van der Waals surface area (Å²) in [5.74, 6) is 0.525. The van der Waals surface area contributed by atoms with Crippen molar-refractivity contribution < 1.29 is 4.74 Å². The topological polar surface area (TPSA) is 9.23 Å². The molecule has 0 radical (unpaired) electrons. The van der Waals surface area contributed by atoms with Gasteiger partial charge in [0, 0.05) is 7.11 Å². The van der Waals surface area contributed by atoms with E-state index in [-0.39, 0.29) is 6.10 Å². The molecule has 1 unspecified atom stereocenters. The van der Waals surface area contributed by atoms with E-state index in [0.29, 0.717) is 5.92 Å². The Morgan fingerprint density at radius 3 is 2.08 bits per heavy atom. The molecule has 1 nitrogen and oxygen atoms in total. The summed E-state index contributed by atoms with van der Waals surface area (Å²) in [7, 11) is 1.76. The van der Waals surface area contributed by atoms with E-state index in [1.54, 1.807) is 7.11 Å². The average molecular weight is 164 g/mol. The van der Waals surface area contributed by atoms with Gasteiger partial charge in [0.15, 0.2) is 0 Å². The Hall–Kier alpha value is -0.820. The van der Waals surface area contributed by atoms with Crippen LogP contribution in [0.4, 0.5) is 0 Å². The fourth-order valence-corrected chi connectivity index (χ4v) is 1.44. The van der Waals surface area contributed by atoms with Gasteiger partial charge in [-0.3, -0.25) is 0 Å². The number of rotatable bonds is 3. The third-order valence-corrected chi connectivity index (χ3v) is 1.99. The van der Waals surface area contributed by atoms with Crippen molar-refractivity contribution in [3.05, 3.63) is 35.9 Å². The molecule has 0 saturated carbocycles. The van der Waals surface area contributed by atoms with Crippen molar-refractivity contribution in [3.63, 3.8) is 0 Å². The van der Waals surface area contributed by atoms with E-state index in [1.165, 1.54) is 5.56 Å². The number of ether oxygens (including phenoxy) is 1. The van der Waals surface area contributed by atoms with E-state index in [2.05, 4.69) is 26.0 Å². The van der Waals surface area contributed by atoms with Gasteiger partial charge in [-0.2, -0.15) is 0 Å². The third-order valence-electron chi connectivity index (χ3n) is 1.99. The molecule has 0 heterocycles. The van der Waals surface area contributed by atoms with Crippen molar-refractivity contribution in [2.45, 2.75) is 20.0 Å². The summed E-state index contributed by atoms with van der Waals surface area (Å²) in [6, 6.07) is 10.3. The highest BCUT2D eigenvalue weighted by Gasteiger charge is 2.13. The Bertz CT molecular complexity index is 216. The van der Waals surface area contributed by atoms with Crippen LogP contribution in [0.3, 0.4) is 0 Å². The SMILES string of the molecule is COC(c1ccccc1)C(C)C. The summed E-state index contributed by atoms with van der Waals surface area (Å²) in [6.45, 7) is 4.34. The lowest BCUT2D eigenvalue weighted by Crippen LogP contribution is -2.08. The van der Waals surface area contributed by atoms with Gasteiger partial charge in [0.25, 0.3) is 0 Å². The smallest absolute Gasteiger partial charge is 0.0844 e. The van der Waals surface area contributed by atoms with E-state index in [0.717, 1.165) is 0 Å². The van der Waals surface area contributed by atoms with Crippen molar-refractivity contribution in [2.75, 3.05) is 7.11 Å². The fraction of sp³-hybridized carbons (Fsp3) is 0.455. The zero-order valence-corrected chi connectivity index (χ0v) is 7.95. The molecule has 0 N–H and O–H groups in total. The van der Waals surface area contributed by atoms with Crippen molar-refractivity contribution in [1.82, 2.24) is 0 Å². The summed E-state index contributed by atoms with van der Waals surface area (Å²) < 4.78 is 5.40. The number of methoxy groups -OCH3 is 1. The normalized spacial score (nSPS) is 13.3. The molecule has 12 heavy (non-hydrogen) atoms. The molecular weight excluding hydrogens is 148 g/mol. The first-order chi connectivity index (χ1) is 5.75. The Labute approximate surface area is 74.4 Å². The highest BCUT2D eigenvalue weighted by atomic mass is 16.5. The standard InChI is InChI=1S/C11H16O/c1-9(2)11(12-3)10-7-5-4-6-8-10/h4-9,11H,1-3H3. The van der Waals surface area contributed by atoms with Crippen LogP contribution in [0, 0.1) is 5.92 Å². The first-order valence-corrected chi connectivity index (χ1v) is 4.33. The number of benzene rings is 1. The van der Waals surface area contributed by atoms with Gasteiger partial charge in [-0.25, -0.2) is 0 Å². The molecule has 0 spiro atoms. The van der Waals surface area contributed by atoms with Crippen molar-refractivity contribution in [1.29, 1.82) is 0 Å². The van der Waals surface area contributed by atoms with E-state index in [9.17, 15) is 0 Å². The van der Waals surface area contributed by atoms with Crippen LogP contribution in [0.15, 0.2) is 30.3 Å². The highest BCUT2D eigenvalue weighted by molar-refractivity contribution is 5.17. The zero-order valence-electron chi connectivity index (χ0n) is 7.95. The molecule has 66 valence electrons. The van der Waals surface area contributed by atoms with Crippen LogP contribution in [0.1, 0.15) is 25.5 Å². The molecule has 0 aromatic heterocycles. The minimum absolute atomic E-state index is 0.228. The summed E-state index contributed by atoms with van der Waals surface area (Å²) in [5, 5.41) is 0. The van der Waals surface area contributed by atoms with Gasteiger partial charge in [-0.05, 0) is 11.5 Å². The zero-order chi connectivity index (χ0) is 8.97. The Balaban J connectivity index is 2.80. The summed E-state index contributed by atoms with van der Waals surface area (Å²) in [5.41, 5.74) is 1.26. The second-order valence-corrected chi connectivity index (χ2v) is 3.31. The molecule has 0 amide bonds. The van der Waals surface area contributed by atoms with Gasteiger partial charge in [0.2, 0.25) is 0 Å². The minimum Gasteiger partial charge on any atom is -0.376 e. The Kier molecular flexibility index (Phi) is 3.30. The van der Waals surface area contributed by atoms with Gasteiger partial charge in [-0.15, -0.1) is 0 Å². The lowest BCUT2D eigenvalue weighted by Gasteiger charge is -2.19. The molecule has 1 aromatic rings. The van der Waals surface area contributed by atoms with Gasteiger partial charge in [-0.1, -0.05) is 44.2 Å². The molecule has 1 rings (SSSR count). The monoisotopic (exact) mass is 164 g/mol. The summed E-state index contributed by atoms with van der Waals surface area (Å²) in [6.07, 6.45) is 0.228. The van der Waals surface area contributed by atoms with Crippen LogP contribution >= 0.6 is 0 Å². The summed E-state index contributed by atoms with van der Waals surface area (Å²) >= 11 is 0. The molecule has 1 aromatic carbocycles. The van der Waals surface area contributed by atoms with E-state index in [1.807, 2.05) is 18.2 Å². The Morgan fingerprint density at radius 1 is 1.08 bits per heavy atom. The Morgan fingerprint density at radius 2 is 1.67 bits per heavy atom. The van der Waals surface area contributed by atoms with E-state index in [4.69, 9.17) is 4.74 Å². The van der Waals surface area contributed by atoms with Gasteiger partial charge >= 0.3 is 0 Å². The molecular formula is C11H16O. The largest absolute Gasteiger partial charge is 0.376 e. The van der Waals surface area contributed by atoms with Gasteiger partial charge in [0.05, 0.1) is 6.10 Å². The maximum Gasteiger partial charge on any atom is 0.0844 e. The molecule has 0 aliphatic carbocycles. The number of hydrogen-bond acceptors (Lipinski definition) is 1. The van der Waals surface area contributed by atoms with Gasteiger partial charge < -0.3 is 4.74 Å². The predicted octanol–water partition coefficient (Wildman–Crippen LogP) is 3.03. The predicted molar refractivity (Wildman–Crippen MR) is 51.0 cm³/mol. The molecule has 0 aliphatic heterocycles. The second-order valence-electron chi connectivity index (χ2n) is 3.31. The van der Waals surface area contributed by atoms with Gasteiger partial charge in [0.1, 0.15) is 0 Å². The third kappa shape index (κ3) is 2.08. The van der Waals surface area contributed by atoms with Crippen molar-refractivity contribution in [2.24, 2.45) is 5.92 Å². The minimum atomic E-state index is 0.228. The van der Waals surface area contributed by atoms with Crippen LogP contribution in [0.5, 0.6) is 0 Å². The van der Waals surface area contributed by atoms with E-state index < -0.39 is 0 Å². The second kappa shape index (κ2) is 4.27. The molecule has 0 saturated heterocycles. The lowest BCUT2D eigenvalue weighted by molar-refractivity contribution is 0.0646. The van der Waals surface area contributed by atoms with Crippen LogP contribution in [0.25, 0.3) is 0 Å². The van der Waals surface area contributed by atoms with Crippen LogP contribution in [-0.4, -0.2) is 7.11 Å². The van der Waals surface area contributed by atoms with E-state index >= 15 is 0 Å². The number of hydrogen-bond donors (Lipinski definition) is 0. The maximum atomic E-state index is 5.40.